The van der Waals surface area contributed by atoms with Crippen molar-refractivity contribution in [3.05, 3.63) is 65.7 Å². The number of nitrogens with zero attached hydrogens (tertiary/aromatic N) is 1. The first-order chi connectivity index (χ1) is 12.2. The Morgan fingerprint density at radius 3 is 2.84 bits per heavy atom. The zero-order valence-corrected chi connectivity index (χ0v) is 13.6. The number of nitrogens with one attached hydrogen (secondary N) is 1. The third-order valence-corrected chi connectivity index (χ3v) is 3.76. The fourth-order valence-corrected chi connectivity index (χ4v) is 2.48. The topological polar surface area (TPSA) is 71.4 Å². The lowest BCUT2D eigenvalue weighted by atomic mass is 10.1. The average molecular weight is 334 g/mol. The van der Waals surface area contributed by atoms with E-state index in [1.54, 1.807) is 36.4 Å². The molecule has 25 heavy (non-hydrogen) atoms. The molecule has 2 aromatic carbocycles. The van der Waals surface area contributed by atoms with Gasteiger partial charge in [0.25, 0.3) is 0 Å². The molecule has 1 N–H and O–H groups in total. The molecule has 0 bridgehead atoms. The maximum absolute atomic E-state index is 12.0. The zero-order valence-electron chi connectivity index (χ0n) is 13.6. The molecule has 1 aliphatic rings. The first kappa shape index (κ1) is 16.7. The van der Waals surface area contributed by atoms with Gasteiger partial charge in [-0.15, -0.1) is 0 Å². The minimum atomic E-state index is -0.236. The maximum Gasteiger partial charge on any atom is 0.248 e. The van der Waals surface area contributed by atoms with Crippen molar-refractivity contribution < 1.29 is 14.3 Å². The van der Waals surface area contributed by atoms with Gasteiger partial charge in [0.2, 0.25) is 5.91 Å². The number of amides is 1. The molecule has 0 aliphatic carbocycles. The Labute approximate surface area is 146 Å². The summed E-state index contributed by atoms with van der Waals surface area (Å²) in [7, 11) is 0. The van der Waals surface area contributed by atoms with Crippen LogP contribution in [0.1, 0.15) is 17.5 Å². The summed E-state index contributed by atoms with van der Waals surface area (Å²) in [4.78, 5) is 12.0. The van der Waals surface area contributed by atoms with Crippen molar-refractivity contribution in [3.8, 4) is 11.8 Å². The van der Waals surface area contributed by atoms with Gasteiger partial charge in [-0.05, 0) is 48.0 Å². The van der Waals surface area contributed by atoms with Crippen LogP contribution in [0.25, 0.3) is 6.08 Å². The van der Waals surface area contributed by atoms with E-state index in [0.717, 1.165) is 24.3 Å². The second kappa shape index (κ2) is 8.13. The highest BCUT2D eigenvalue weighted by atomic mass is 16.5. The highest BCUT2D eigenvalue weighted by Gasteiger charge is 2.16. The van der Waals surface area contributed by atoms with Crippen molar-refractivity contribution in [3.63, 3.8) is 0 Å². The summed E-state index contributed by atoms with van der Waals surface area (Å²) in [5.41, 5.74) is 2.05. The van der Waals surface area contributed by atoms with E-state index in [4.69, 9.17) is 14.7 Å². The van der Waals surface area contributed by atoms with Gasteiger partial charge in [0.15, 0.2) is 0 Å². The summed E-state index contributed by atoms with van der Waals surface area (Å²) >= 11 is 0. The standard InChI is InChI=1S/C20H18N2O3/c21-13-16-3-1-2-15(12-16)4-9-20(23)22-17-5-7-18(8-6-17)25-19-10-11-24-14-19/h1-9,12,19H,10-11,14H2,(H,22,23)/b9-4-/t19-/m1/s1. The monoisotopic (exact) mass is 334 g/mol. The van der Waals surface area contributed by atoms with Crippen LogP contribution in [-0.4, -0.2) is 25.2 Å². The van der Waals surface area contributed by atoms with Crippen molar-refractivity contribution in [2.45, 2.75) is 12.5 Å². The summed E-state index contributed by atoms with van der Waals surface area (Å²) in [6, 6.07) is 16.4. The minimum Gasteiger partial charge on any atom is -0.488 e. The zero-order chi connectivity index (χ0) is 17.5. The number of hydrogen-bond donors (Lipinski definition) is 1. The van der Waals surface area contributed by atoms with Crippen molar-refractivity contribution in [1.82, 2.24) is 0 Å². The van der Waals surface area contributed by atoms with Crippen molar-refractivity contribution in [2.75, 3.05) is 18.5 Å². The Hall–Kier alpha value is -3.10. The molecular formula is C20H18N2O3. The predicted molar refractivity (Wildman–Crippen MR) is 95.1 cm³/mol. The van der Waals surface area contributed by atoms with Gasteiger partial charge in [-0.2, -0.15) is 5.26 Å². The van der Waals surface area contributed by atoms with E-state index < -0.39 is 0 Å². The number of carbonyl (C=O) groups is 1. The number of carbonyl (C=O) groups excluding carboxylic acids is 1. The normalized spacial score (nSPS) is 16.5. The molecule has 0 aromatic heterocycles. The van der Waals surface area contributed by atoms with Gasteiger partial charge in [0.05, 0.1) is 24.8 Å². The highest BCUT2D eigenvalue weighted by molar-refractivity contribution is 6.01. The van der Waals surface area contributed by atoms with Crippen LogP contribution in [0, 0.1) is 11.3 Å². The first-order valence-electron chi connectivity index (χ1n) is 8.06. The second-order valence-electron chi connectivity index (χ2n) is 5.69. The molecule has 1 saturated heterocycles. The number of benzene rings is 2. The largest absolute Gasteiger partial charge is 0.488 e. The summed E-state index contributed by atoms with van der Waals surface area (Å²) < 4.78 is 11.1. The molecule has 2 aromatic rings. The van der Waals surface area contributed by atoms with Gasteiger partial charge in [-0.3, -0.25) is 4.79 Å². The Kier molecular flexibility index (Phi) is 5.45. The van der Waals surface area contributed by atoms with Crippen molar-refractivity contribution >= 4 is 17.7 Å². The summed E-state index contributed by atoms with van der Waals surface area (Å²) in [6.07, 6.45) is 4.12. The molecule has 3 rings (SSSR count). The molecule has 5 nitrogen and oxygen atoms in total. The molecule has 0 spiro atoms. The SMILES string of the molecule is N#Cc1cccc(/C=C\C(=O)Nc2ccc(O[C@@H]3CCOC3)cc2)c1. The van der Waals surface area contributed by atoms with Gasteiger partial charge < -0.3 is 14.8 Å². The molecule has 1 atom stereocenters. The quantitative estimate of drug-likeness (QED) is 0.851. The third-order valence-electron chi connectivity index (χ3n) is 3.76. The van der Waals surface area contributed by atoms with Crippen molar-refractivity contribution in [1.29, 1.82) is 5.26 Å². The van der Waals surface area contributed by atoms with Crippen molar-refractivity contribution in [2.24, 2.45) is 0 Å². The maximum atomic E-state index is 12.0. The van der Waals surface area contributed by atoms with Crippen LogP contribution in [0.3, 0.4) is 0 Å². The van der Waals surface area contributed by atoms with E-state index in [9.17, 15) is 4.79 Å². The van der Waals surface area contributed by atoms with Crippen LogP contribution < -0.4 is 10.1 Å². The molecule has 5 heteroatoms. The molecule has 0 saturated carbocycles. The lowest BCUT2D eigenvalue weighted by Gasteiger charge is -2.12. The van der Waals surface area contributed by atoms with Crippen LogP contribution >= 0.6 is 0 Å². The summed E-state index contributed by atoms with van der Waals surface area (Å²) in [5.74, 6) is 0.526. The molecule has 1 heterocycles. The lowest BCUT2D eigenvalue weighted by molar-refractivity contribution is -0.111. The Morgan fingerprint density at radius 1 is 1.28 bits per heavy atom. The Balaban J connectivity index is 1.55. The third kappa shape index (κ3) is 4.93. The smallest absolute Gasteiger partial charge is 0.248 e. The summed E-state index contributed by atoms with van der Waals surface area (Å²) in [5, 5.41) is 11.7. The van der Waals surface area contributed by atoms with Crippen LogP contribution in [0.2, 0.25) is 0 Å². The molecular weight excluding hydrogens is 316 g/mol. The van der Waals surface area contributed by atoms with Gasteiger partial charge >= 0.3 is 0 Å². The Bertz CT molecular complexity index is 800. The molecule has 1 fully saturated rings. The Morgan fingerprint density at radius 2 is 2.12 bits per heavy atom. The van der Waals surface area contributed by atoms with E-state index in [-0.39, 0.29) is 12.0 Å². The fraction of sp³-hybridized carbons (Fsp3) is 0.200. The second-order valence-corrected chi connectivity index (χ2v) is 5.69. The minimum absolute atomic E-state index is 0.104. The van der Waals surface area contributed by atoms with Gasteiger partial charge in [-0.25, -0.2) is 0 Å². The van der Waals surface area contributed by atoms with Crippen LogP contribution in [0.4, 0.5) is 5.69 Å². The first-order valence-corrected chi connectivity index (χ1v) is 8.06. The van der Waals surface area contributed by atoms with E-state index in [1.807, 2.05) is 18.2 Å². The molecule has 126 valence electrons. The van der Waals surface area contributed by atoms with Crippen LogP contribution in [0.15, 0.2) is 54.6 Å². The summed E-state index contributed by atoms with van der Waals surface area (Å²) in [6.45, 7) is 1.36. The van der Waals surface area contributed by atoms with E-state index in [2.05, 4.69) is 11.4 Å². The number of nitriles is 1. The molecule has 1 aliphatic heterocycles. The molecule has 0 unspecified atom stereocenters. The van der Waals surface area contributed by atoms with Crippen LogP contribution in [0.5, 0.6) is 5.75 Å². The van der Waals surface area contributed by atoms with E-state index in [1.165, 1.54) is 6.08 Å². The van der Waals surface area contributed by atoms with Gasteiger partial charge in [0, 0.05) is 18.2 Å². The predicted octanol–water partition coefficient (Wildman–Crippen LogP) is 3.38. The average Bonchev–Trinajstić information content (AvgIpc) is 3.15. The number of rotatable bonds is 5. The molecule has 0 radical (unpaired) electrons. The highest BCUT2D eigenvalue weighted by Crippen LogP contribution is 2.19. The van der Waals surface area contributed by atoms with Gasteiger partial charge in [0.1, 0.15) is 11.9 Å². The van der Waals surface area contributed by atoms with Crippen LogP contribution in [-0.2, 0) is 9.53 Å². The van der Waals surface area contributed by atoms with Gasteiger partial charge in [-0.1, -0.05) is 12.1 Å². The van der Waals surface area contributed by atoms with E-state index >= 15 is 0 Å². The fourth-order valence-electron chi connectivity index (χ4n) is 2.48. The van der Waals surface area contributed by atoms with E-state index in [0.29, 0.717) is 17.9 Å². The lowest BCUT2D eigenvalue weighted by Crippen LogP contribution is -2.15. The number of hydrogen-bond acceptors (Lipinski definition) is 4. The number of anilines is 1. The number of ether oxygens (including phenoxy) is 2. The molecule has 1 amide bonds.